The molecule has 0 unspecified atom stereocenters. The summed E-state index contributed by atoms with van der Waals surface area (Å²) in [7, 11) is 0. The monoisotopic (exact) mass is 385 g/mol. The first kappa shape index (κ1) is 18.2. The van der Waals surface area contributed by atoms with Gasteiger partial charge >= 0.3 is 12.2 Å². The summed E-state index contributed by atoms with van der Waals surface area (Å²) in [4.78, 5) is 24.0. The Morgan fingerprint density at radius 1 is 1.15 bits per heavy atom. The minimum Gasteiger partial charge on any atom is -0.352 e. The van der Waals surface area contributed by atoms with Crippen LogP contribution in [0.4, 0.5) is 29.5 Å². The number of nitrogens with zero attached hydrogens (tertiary/aromatic N) is 4. The molecule has 6 nitrogen and oxygen atoms in total. The van der Waals surface area contributed by atoms with E-state index in [1.807, 2.05) is 4.90 Å². The number of carbonyl (C=O) groups excluding carboxylic acids is 1. The van der Waals surface area contributed by atoms with Crippen LogP contribution in [-0.4, -0.2) is 47.1 Å². The van der Waals surface area contributed by atoms with Crippen molar-refractivity contribution in [3.05, 3.63) is 47.4 Å². The van der Waals surface area contributed by atoms with Crippen molar-refractivity contribution in [1.82, 2.24) is 14.9 Å². The van der Waals surface area contributed by atoms with Gasteiger partial charge in [-0.15, -0.1) is 0 Å². The maximum atomic E-state index is 13.1. The van der Waals surface area contributed by atoms with Gasteiger partial charge in [0, 0.05) is 43.6 Å². The maximum absolute atomic E-state index is 13.1. The molecule has 2 heterocycles. The van der Waals surface area contributed by atoms with Crippen LogP contribution in [0.1, 0.15) is 5.56 Å². The van der Waals surface area contributed by atoms with Crippen LogP contribution in [0.15, 0.2) is 36.8 Å². The highest BCUT2D eigenvalue weighted by Gasteiger charge is 2.34. The first-order chi connectivity index (χ1) is 12.3. The summed E-state index contributed by atoms with van der Waals surface area (Å²) in [5.41, 5.74) is -1.29. The third kappa shape index (κ3) is 4.16. The van der Waals surface area contributed by atoms with E-state index in [4.69, 9.17) is 11.6 Å². The minimum atomic E-state index is -4.61. The summed E-state index contributed by atoms with van der Waals surface area (Å²) in [6.45, 7) is 1.74. The Morgan fingerprint density at radius 2 is 1.88 bits per heavy atom. The van der Waals surface area contributed by atoms with Crippen LogP contribution in [-0.2, 0) is 6.18 Å². The molecule has 1 N–H and O–H groups in total. The predicted molar refractivity (Wildman–Crippen MR) is 91.3 cm³/mol. The molecule has 10 heteroatoms. The quantitative estimate of drug-likeness (QED) is 0.859. The Kier molecular flexibility index (Phi) is 5.17. The number of rotatable bonds is 2. The number of hydrogen-bond acceptors (Lipinski definition) is 4. The number of anilines is 2. The van der Waals surface area contributed by atoms with Crippen LogP contribution in [0.5, 0.6) is 0 Å². The average Bonchev–Trinajstić information content (AvgIpc) is 2.63. The van der Waals surface area contributed by atoms with Gasteiger partial charge in [0.25, 0.3) is 0 Å². The first-order valence-electron chi connectivity index (χ1n) is 7.78. The van der Waals surface area contributed by atoms with Gasteiger partial charge in [-0.25, -0.2) is 9.78 Å². The van der Waals surface area contributed by atoms with E-state index >= 15 is 0 Å². The molecular weight excluding hydrogens is 371 g/mol. The molecule has 0 radical (unpaired) electrons. The zero-order chi connectivity index (χ0) is 18.7. The molecular formula is C16H15ClF3N5O. The first-order valence-corrected chi connectivity index (χ1v) is 8.16. The van der Waals surface area contributed by atoms with Crippen molar-refractivity contribution in [2.75, 3.05) is 36.4 Å². The summed E-state index contributed by atoms with van der Waals surface area (Å²) in [5, 5.41) is 2.28. The van der Waals surface area contributed by atoms with Crippen molar-refractivity contribution in [2.45, 2.75) is 6.18 Å². The second kappa shape index (κ2) is 7.36. The predicted octanol–water partition coefficient (Wildman–Crippen LogP) is 3.50. The van der Waals surface area contributed by atoms with Gasteiger partial charge in [-0.3, -0.25) is 4.98 Å². The second-order valence-corrected chi connectivity index (χ2v) is 6.09. The van der Waals surface area contributed by atoms with Gasteiger partial charge in [0.1, 0.15) is 5.82 Å². The highest BCUT2D eigenvalue weighted by molar-refractivity contribution is 6.30. The van der Waals surface area contributed by atoms with Crippen molar-refractivity contribution in [3.63, 3.8) is 0 Å². The number of carbonyl (C=O) groups is 1. The minimum absolute atomic E-state index is 0.0482. The van der Waals surface area contributed by atoms with Crippen LogP contribution in [0.25, 0.3) is 0 Å². The summed E-state index contributed by atoms with van der Waals surface area (Å²) in [6.07, 6.45) is 0.155. The van der Waals surface area contributed by atoms with Gasteiger partial charge in [-0.1, -0.05) is 11.6 Å². The number of alkyl halides is 3. The number of hydrogen-bond donors (Lipinski definition) is 1. The Balaban J connectivity index is 1.65. The lowest BCUT2D eigenvalue weighted by atomic mass is 10.1. The lowest BCUT2D eigenvalue weighted by Gasteiger charge is -2.35. The Morgan fingerprint density at radius 3 is 2.50 bits per heavy atom. The van der Waals surface area contributed by atoms with E-state index in [-0.39, 0.29) is 10.7 Å². The third-order valence-corrected chi connectivity index (χ3v) is 4.20. The van der Waals surface area contributed by atoms with E-state index in [9.17, 15) is 18.0 Å². The Hall–Kier alpha value is -2.55. The molecule has 2 aromatic rings. The van der Waals surface area contributed by atoms with Crippen molar-refractivity contribution in [2.24, 2.45) is 0 Å². The second-order valence-electron chi connectivity index (χ2n) is 5.66. The van der Waals surface area contributed by atoms with Gasteiger partial charge in [-0.2, -0.15) is 13.2 Å². The molecule has 1 aliphatic heterocycles. The van der Waals surface area contributed by atoms with E-state index in [0.29, 0.717) is 32.0 Å². The molecule has 0 bridgehead atoms. The summed E-state index contributed by atoms with van der Waals surface area (Å²) in [6, 6.07) is 2.66. The molecule has 1 saturated heterocycles. The van der Waals surface area contributed by atoms with Crippen LogP contribution >= 0.6 is 11.6 Å². The average molecular weight is 386 g/mol. The molecule has 138 valence electrons. The van der Waals surface area contributed by atoms with E-state index < -0.39 is 17.8 Å². The summed E-state index contributed by atoms with van der Waals surface area (Å²) < 4.78 is 39.4. The van der Waals surface area contributed by atoms with Gasteiger partial charge in [0.2, 0.25) is 0 Å². The largest absolute Gasteiger partial charge is 0.418 e. The zero-order valence-electron chi connectivity index (χ0n) is 13.5. The summed E-state index contributed by atoms with van der Waals surface area (Å²) in [5.74, 6) is 0.699. The number of amides is 2. The van der Waals surface area contributed by atoms with Crippen LogP contribution < -0.4 is 10.2 Å². The highest BCUT2D eigenvalue weighted by Crippen LogP contribution is 2.36. The molecule has 0 spiro atoms. The molecule has 26 heavy (non-hydrogen) atoms. The van der Waals surface area contributed by atoms with Crippen molar-refractivity contribution in [3.8, 4) is 0 Å². The zero-order valence-corrected chi connectivity index (χ0v) is 14.3. The number of nitrogens with one attached hydrogen (secondary N) is 1. The van der Waals surface area contributed by atoms with Crippen LogP contribution in [0, 0.1) is 0 Å². The molecule has 1 aromatic carbocycles. The standard InChI is InChI=1S/C16H15ClF3N5O/c17-11-1-2-13(12(9-11)16(18,19)20)23-15(26)25-7-5-24(6-8-25)14-10-21-3-4-22-14/h1-4,9-10H,5-8H2,(H,23,26). The molecule has 1 aliphatic rings. The number of piperazine rings is 1. The molecule has 3 rings (SSSR count). The lowest BCUT2D eigenvalue weighted by Crippen LogP contribution is -2.50. The van der Waals surface area contributed by atoms with Gasteiger partial charge in [0.05, 0.1) is 17.4 Å². The number of aromatic nitrogens is 2. The number of halogens is 4. The van der Waals surface area contributed by atoms with Gasteiger partial charge < -0.3 is 15.1 Å². The number of urea groups is 1. The van der Waals surface area contributed by atoms with Crippen molar-refractivity contribution < 1.29 is 18.0 Å². The van der Waals surface area contributed by atoms with E-state index in [0.717, 1.165) is 12.1 Å². The summed E-state index contributed by atoms with van der Waals surface area (Å²) >= 11 is 5.64. The molecule has 0 atom stereocenters. The maximum Gasteiger partial charge on any atom is 0.418 e. The lowest BCUT2D eigenvalue weighted by molar-refractivity contribution is -0.136. The van der Waals surface area contributed by atoms with Gasteiger partial charge in [-0.05, 0) is 18.2 Å². The fourth-order valence-electron chi connectivity index (χ4n) is 2.65. The normalized spacial score (nSPS) is 15.1. The topological polar surface area (TPSA) is 61.4 Å². The van der Waals surface area contributed by atoms with Crippen LogP contribution in [0.2, 0.25) is 5.02 Å². The Labute approximate surface area is 152 Å². The van der Waals surface area contributed by atoms with Gasteiger partial charge in [0.15, 0.2) is 0 Å². The number of benzene rings is 1. The molecule has 2 amide bonds. The van der Waals surface area contributed by atoms with Crippen molar-refractivity contribution in [1.29, 1.82) is 0 Å². The molecule has 1 aromatic heterocycles. The fraction of sp³-hybridized carbons (Fsp3) is 0.312. The smallest absolute Gasteiger partial charge is 0.352 e. The molecule has 0 aliphatic carbocycles. The van der Waals surface area contributed by atoms with E-state index in [2.05, 4.69) is 15.3 Å². The van der Waals surface area contributed by atoms with Crippen molar-refractivity contribution >= 4 is 29.1 Å². The van der Waals surface area contributed by atoms with Crippen LogP contribution in [0.3, 0.4) is 0 Å². The SMILES string of the molecule is O=C(Nc1ccc(Cl)cc1C(F)(F)F)N1CCN(c2cnccn2)CC1. The third-order valence-electron chi connectivity index (χ3n) is 3.97. The highest BCUT2D eigenvalue weighted by atomic mass is 35.5. The Bertz CT molecular complexity index is 779. The molecule has 1 fully saturated rings. The fourth-order valence-corrected chi connectivity index (χ4v) is 2.82. The molecule has 0 saturated carbocycles. The van der Waals surface area contributed by atoms with E-state index in [1.165, 1.54) is 11.0 Å². The van der Waals surface area contributed by atoms with E-state index in [1.54, 1.807) is 18.6 Å².